The number of amides is 1. The maximum Gasteiger partial charge on any atom is 0.239 e. The molecule has 0 radical (unpaired) electrons. The number of hydrogen-bond acceptors (Lipinski definition) is 4. The van der Waals surface area contributed by atoms with E-state index in [-0.39, 0.29) is 12.5 Å². The van der Waals surface area contributed by atoms with Crippen molar-refractivity contribution in [3.8, 4) is 0 Å². The van der Waals surface area contributed by atoms with Gasteiger partial charge in [-0.3, -0.25) is 4.79 Å². The molecule has 0 fully saturated rings. The zero-order chi connectivity index (χ0) is 17.5. The second kappa shape index (κ2) is 9.00. The summed E-state index contributed by atoms with van der Waals surface area (Å²) < 4.78 is 24.9. The monoisotopic (exact) mass is 341 g/mol. The normalized spacial score (nSPS) is 11.9. The minimum Gasteiger partial charge on any atom is -0.325 e. The smallest absolute Gasteiger partial charge is 0.239 e. The molecule has 1 amide bonds. The zero-order valence-corrected chi connectivity index (χ0v) is 15.2. The first-order valence-electron chi connectivity index (χ1n) is 7.71. The molecule has 0 unspecified atom stereocenters. The van der Waals surface area contributed by atoms with Crippen molar-refractivity contribution in [2.24, 2.45) is 0 Å². The lowest BCUT2D eigenvalue weighted by atomic mass is 10.1. The van der Waals surface area contributed by atoms with Crippen LogP contribution in [-0.2, 0) is 21.2 Å². The van der Waals surface area contributed by atoms with Gasteiger partial charge in [0.05, 0.1) is 12.8 Å². The summed E-state index contributed by atoms with van der Waals surface area (Å²) >= 11 is 0. The van der Waals surface area contributed by atoms with E-state index < -0.39 is 10.0 Å². The van der Waals surface area contributed by atoms with Crippen LogP contribution in [0.5, 0.6) is 0 Å². The molecule has 1 aromatic rings. The van der Waals surface area contributed by atoms with E-state index in [2.05, 4.69) is 5.32 Å². The summed E-state index contributed by atoms with van der Waals surface area (Å²) in [6.07, 6.45) is 2.61. The van der Waals surface area contributed by atoms with Crippen molar-refractivity contribution in [2.75, 3.05) is 45.3 Å². The van der Waals surface area contributed by atoms with Crippen LogP contribution >= 0.6 is 0 Å². The predicted octanol–water partition coefficient (Wildman–Crippen LogP) is 1.40. The Balaban J connectivity index is 2.70. The molecule has 23 heavy (non-hydrogen) atoms. The van der Waals surface area contributed by atoms with Gasteiger partial charge < -0.3 is 10.2 Å². The Labute approximate surface area is 139 Å². The number of para-hydroxylation sites is 1. The third kappa shape index (κ3) is 7.11. The van der Waals surface area contributed by atoms with Crippen molar-refractivity contribution in [3.05, 3.63) is 29.8 Å². The fourth-order valence-electron chi connectivity index (χ4n) is 2.23. The first-order chi connectivity index (χ1) is 10.7. The van der Waals surface area contributed by atoms with Gasteiger partial charge in [0.2, 0.25) is 15.9 Å². The van der Waals surface area contributed by atoms with E-state index >= 15 is 0 Å². The molecule has 0 aliphatic carbocycles. The first kappa shape index (κ1) is 19.6. The Morgan fingerprint density at radius 3 is 2.39 bits per heavy atom. The minimum absolute atomic E-state index is 0.162. The minimum atomic E-state index is -3.41. The molecule has 0 heterocycles. The highest BCUT2D eigenvalue weighted by Crippen LogP contribution is 2.15. The molecule has 1 N–H and O–H groups in total. The lowest BCUT2D eigenvalue weighted by Crippen LogP contribution is -2.38. The highest BCUT2D eigenvalue weighted by Gasteiger charge is 2.20. The molecule has 0 saturated heterocycles. The fraction of sp³-hybridized carbons (Fsp3) is 0.562. The second-order valence-corrected chi connectivity index (χ2v) is 7.79. The molecule has 0 spiro atoms. The molecule has 0 saturated carbocycles. The Morgan fingerprint density at radius 1 is 1.17 bits per heavy atom. The van der Waals surface area contributed by atoms with E-state index in [0.717, 1.165) is 30.5 Å². The van der Waals surface area contributed by atoms with Crippen LogP contribution in [0, 0.1) is 0 Å². The summed E-state index contributed by atoms with van der Waals surface area (Å²) in [5, 5.41) is 2.81. The first-order valence-corrected chi connectivity index (χ1v) is 9.56. The number of anilines is 1. The molecule has 0 bridgehead atoms. The second-order valence-electron chi connectivity index (χ2n) is 5.81. The lowest BCUT2D eigenvalue weighted by molar-refractivity contribution is -0.116. The molecule has 0 aliphatic rings. The van der Waals surface area contributed by atoms with E-state index in [0.29, 0.717) is 13.0 Å². The molecule has 7 heteroatoms. The lowest BCUT2D eigenvalue weighted by Gasteiger charge is -2.21. The summed E-state index contributed by atoms with van der Waals surface area (Å²) in [4.78, 5) is 14.2. The van der Waals surface area contributed by atoms with E-state index in [9.17, 15) is 13.2 Å². The number of rotatable bonds is 9. The highest BCUT2D eigenvalue weighted by atomic mass is 32.2. The molecule has 130 valence electrons. The maximum atomic E-state index is 12.2. The Kier molecular flexibility index (Phi) is 7.67. The average molecular weight is 341 g/mol. The number of aryl methyl sites for hydroxylation is 1. The summed E-state index contributed by atoms with van der Waals surface area (Å²) in [5.74, 6) is -0.318. The quantitative estimate of drug-likeness (QED) is 0.737. The number of benzene rings is 1. The van der Waals surface area contributed by atoms with Crippen LogP contribution in [0.3, 0.4) is 0 Å². The van der Waals surface area contributed by atoms with Gasteiger partial charge in [-0.15, -0.1) is 0 Å². The van der Waals surface area contributed by atoms with Gasteiger partial charge in [0.25, 0.3) is 0 Å². The number of nitrogens with one attached hydrogen (secondary N) is 1. The molecule has 1 rings (SSSR count). The topological polar surface area (TPSA) is 69.7 Å². The van der Waals surface area contributed by atoms with Crippen molar-refractivity contribution in [1.29, 1.82) is 0 Å². The summed E-state index contributed by atoms with van der Waals surface area (Å²) in [5.41, 5.74) is 1.76. The SMILES string of the molecule is CCc1ccccc1NC(=O)CN(CCCN(C)C)S(C)(=O)=O. The summed E-state index contributed by atoms with van der Waals surface area (Å²) in [6.45, 7) is 2.95. The number of carbonyl (C=O) groups is 1. The standard InChI is InChI=1S/C16H27N3O3S/c1-5-14-9-6-7-10-15(14)17-16(20)13-19(23(4,21)22)12-8-11-18(2)3/h6-7,9-10H,5,8,11-13H2,1-4H3,(H,17,20). The average Bonchev–Trinajstić information content (AvgIpc) is 2.45. The summed E-state index contributed by atoms with van der Waals surface area (Å²) in [6, 6.07) is 7.54. The van der Waals surface area contributed by atoms with Crippen LogP contribution in [0.15, 0.2) is 24.3 Å². The van der Waals surface area contributed by atoms with Crippen molar-refractivity contribution >= 4 is 21.6 Å². The van der Waals surface area contributed by atoms with Crippen LogP contribution in [0.4, 0.5) is 5.69 Å². The molecule has 0 aromatic heterocycles. The third-order valence-corrected chi connectivity index (χ3v) is 4.72. The number of carbonyl (C=O) groups excluding carboxylic acids is 1. The predicted molar refractivity (Wildman–Crippen MR) is 94.0 cm³/mol. The Morgan fingerprint density at radius 2 is 1.83 bits per heavy atom. The van der Waals surface area contributed by atoms with Gasteiger partial charge >= 0.3 is 0 Å². The van der Waals surface area contributed by atoms with Crippen LogP contribution in [0.1, 0.15) is 18.9 Å². The van der Waals surface area contributed by atoms with Crippen molar-refractivity contribution in [1.82, 2.24) is 9.21 Å². The number of nitrogens with zero attached hydrogens (tertiary/aromatic N) is 2. The fourth-order valence-corrected chi connectivity index (χ4v) is 3.04. The Hall–Kier alpha value is -1.44. The number of sulfonamides is 1. The molecular weight excluding hydrogens is 314 g/mol. The van der Waals surface area contributed by atoms with Crippen LogP contribution in [0.25, 0.3) is 0 Å². The van der Waals surface area contributed by atoms with Gasteiger partial charge in [-0.2, -0.15) is 4.31 Å². The third-order valence-electron chi connectivity index (χ3n) is 3.47. The largest absolute Gasteiger partial charge is 0.325 e. The molecule has 0 aliphatic heterocycles. The number of hydrogen-bond donors (Lipinski definition) is 1. The molecule has 1 aromatic carbocycles. The van der Waals surface area contributed by atoms with Crippen molar-refractivity contribution < 1.29 is 13.2 Å². The van der Waals surface area contributed by atoms with Crippen LogP contribution < -0.4 is 5.32 Å². The Bertz CT molecular complexity index is 615. The van der Waals surface area contributed by atoms with Gasteiger partial charge in [0.1, 0.15) is 0 Å². The van der Waals surface area contributed by atoms with E-state index in [4.69, 9.17) is 0 Å². The van der Waals surface area contributed by atoms with E-state index in [1.807, 2.05) is 50.2 Å². The molecular formula is C16H27N3O3S. The van der Waals surface area contributed by atoms with Gasteiger partial charge in [0, 0.05) is 12.2 Å². The van der Waals surface area contributed by atoms with E-state index in [1.54, 1.807) is 0 Å². The van der Waals surface area contributed by atoms with E-state index in [1.165, 1.54) is 4.31 Å². The van der Waals surface area contributed by atoms with Gasteiger partial charge in [-0.1, -0.05) is 25.1 Å². The summed E-state index contributed by atoms with van der Waals surface area (Å²) in [7, 11) is 0.448. The highest BCUT2D eigenvalue weighted by molar-refractivity contribution is 7.88. The molecule has 6 nitrogen and oxygen atoms in total. The van der Waals surface area contributed by atoms with Gasteiger partial charge in [0.15, 0.2) is 0 Å². The molecule has 0 atom stereocenters. The maximum absolute atomic E-state index is 12.2. The van der Waals surface area contributed by atoms with Gasteiger partial charge in [-0.05, 0) is 45.1 Å². The van der Waals surface area contributed by atoms with Crippen LogP contribution in [-0.4, -0.2) is 63.5 Å². The van der Waals surface area contributed by atoms with Crippen molar-refractivity contribution in [2.45, 2.75) is 19.8 Å². The van der Waals surface area contributed by atoms with Gasteiger partial charge in [-0.25, -0.2) is 8.42 Å². The van der Waals surface area contributed by atoms with Crippen LogP contribution in [0.2, 0.25) is 0 Å². The van der Waals surface area contributed by atoms with Crippen molar-refractivity contribution in [3.63, 3.8) is 0 Å². The zero-order valence-electron chi connectivity index (χ0n) is 14.4.